The number of aryl methyl sites for hydroxylation is 1. The third-order valence-electron chi connectivity index (χ3n) is 4.76. The summed E-state index contributed by atoms with van der Waals surface area (Å²) in [6.07, 6.45) is 0.261. The molecule has 0 aliphatic heterocycles. The van der Waals surface area contributed by atoms with Crippen molar-refractivity contribution in [1.82, 2.24) is 29.5 Å². The molecule has 164 valence electrons. The SMILES string of the molecule is Cc1c[c-]n(-c2cccc(C(C)(C)c3cccc(-n4cc(C(F)(F)F)cn4)n3)n2)n1.[Pt]. The van der Waals surface area contributed by atoms with Crippen LogP contribution in [0.15, 0.2) is 54.9 Å². The summed E-state index contributed by atoms with van der Waals surface area (Å²) in [4.78, 5) is 9.26. The van der Waals surface area contributed by atoms with Crippen molar-refractivity contribution in [2.24, 2.45) is 0 Å². The molecule has 6 nitrogen and oxygen atoms in total. The Morgan fingerprint density at radius 2 is 1.55 bits per heavy atom. The Morgan fingerprint density at radius 1 is 0.935 bits per heavy atom. The monoisotopic (exact) mass is 606 g/mol. The number of alkyl halides is 3. The van der Waals surface area contributed by atoms with E-state index in [4.69, 9.17) is 4.98 Å². The Hall–Kier alpha value is -2.80. The van der Waals surface area contributed by atoms with E-state index < -0.39 is 17.2 Å². The van der Waals surface area contributed by atoms with Gasteiger partial charge in [-0.2, -0.15) is 18.3 Å². The Labute approximate surface area is 191 Å². The number of hydrogen-bond donors (Lipinski definition) is 0. The van der Waals surface area contributed by atoms with Gasteiger partial charge in [-0.1, -0.05) is 31.3 Å². The summed E-state index contributed by atoms with van der Waals surface area (Å²) in [5.41, 5.74) is 0.771. The predicted octanol–water partition coefficient (Wildman–Crippen LogP) is 4.30. The van der Waals surface area contributed by atoms with Gasteiger partial charge in [0.15, 0.2) is 5.82 Å². The van der Waals surface area contributed by atoms with Crippen LogP contribution in [0.4, 0.5) is 13.2 Å². The average molecular weight is 606 g/mol. The maximum Gasteiger partial charge on any atom is 0.419 e. The molecule has 0 saturated carbocycles. The van der Waals surface area contributed by atoms with Crippen LogP contribution in [0.2, 0.25) is 0 Å². The van der Waals surface area contributed by atoms with Crippen LogP contribution in [0, 0.1) is 13.1 Å². The molecule has 0 unspecified atom stereocenters. The molecule has 31 heavy (non-hydrogen) atoms. The van der Waals surface area contributed by atoms with Crippen molar-refractivity contribution >= 4 is 0 Å². The fraction of sp³-hybridized carbons (Fsp3) is 0.238. The summed E-state index contributed by atoms with van der Waals surface area (Å²) in [5.74, 6) is 0.912. The van der Waals surface area contributed by atoms with Crippen LogP contribution in [0.5, 0.6) is 0 Å². The predicted molar refractivity (Wildman–Crippen MR) is 103 cm³/mol. The quantitative estimate of drug-likeness (QED) is 0.326. The van der Waals surface area contributed by atoms with E-state index in [1.165, 1.54) is 0 Å². The molecular weight excluding hydrogens is 588 g/mol. The van der Waals surface area contributed by atoms with Crippen molar-refractivity contribution in [3.63, 3.8) is 0 Å². The second kappa shape index (κ2) is 8.38. The Bertz CT molecular complexity index is 1200. The normalized spacial score (nSPS) is 11.9. The van der Waals surface area contributed by atoms with Crippen molar-refractivity contribution < 1.29 is 34.2 Å². The van der Waals surface area contributed by atoms with Gasteiger partial charge in [-0.05, 0) is 37.7 Å². The summed E-state index contributed by atoms with van der Waals surface area (Å²) in [5, 5.41) is 8.14. The molecule has 0 aliphatic rings. The molecule has 0 N–H and O–H groups in total. The third kappa shape index (κ3) is 4.61. The second-order valence-corrected chi connectivity index (χ2v) is 7.39. The molecule has 0 fully saturated rings. The number of hydrogen-bond acceptors (Lipinski definition) is 4. The molecule has 0 aliphatic carbocycles. The minimum absolute atomic E-state index is 0. The van der Waals surface area contributed by atoms with Crippen molar-refractivity contribution in [3.8, 4) is 11.6 Å². The molecule has 0 aromatic carbocycles. The van der Waals surface area contributed by atoms with Crippen LogP contribution < -0.4 is 0 Å². The zero-order valence-electron chi connectivity index (χ0n) is 16.8. The van der Waals surface area contributed by atoms with Gasteiger partial charge >= 0.3 is 6.18 Å². The molecule has 10 heteroatoms. The van der Waals surface area contributed by atoms with Crippen LogP contribution in [-0.2, 0) is 32.7 Å². The topological polar surface area (TPSA) is 61.4 Å². The summed E-state index contributed by atoms with van der Waals surface area (Å²) in [6.45, 7) is 5.77. The number of aromatic nitrogens is 6. The number of rotatable bonds is 4. The molecule has 4 aromatic heterocycles. The largest absolute Gasteiger partial charge is 0.419 e. The maximum atomic E-state index is 12.9. The van der Waals surface area contributed by atoms with E-state index in [1.54, 1.807) is 22.9 Å². The van der Waals surface area contributed by atoms with Crippen LogP contribution >= 0.6 is 0 Å². The van der Waals surface area contributed by atoms with Gasteiger partial charge in [0.2, 0.25) is 0 Å². The van der Waals surface area contributed by atoms with Gasteiger partial charge in [-0.15, -0.1) is 6.07 Å². The summed E-state index contributed by atoms with van der Waals surface area (Å²) < 4.78 is 41.4. The van der Waals surface area contributed by atoms with Crippen LogP contribution in [0.1, 0.15) is 36.5 Å². The van der Waals surface area contributed by atoms with E-state index in [1.807, 2.05) is 45.0 Å². The van der Waals surface area contributed by atoms with E-state index >= 15 is 0 Å². The van der Waals surface area contributed by atoms with Crippen LogP contribution in [-0.4, -0.2) is 29.5 Å². The van der Waals surface area contributed by atoms with Crippen molar-refractivity contribution in [2.75, 3.05) is 0 Å². The summed E-state index contributed by atoms with van der Waals surface area (Å²) in [7, 11) is 0. The van der Waals surface area contributed by atoms with E-state index in [9.17, 15) is 13.2 Å². The van der Waals surface area contributed by atoms with Crippen molar-refractivity contribution in [2.45, 2.75) is 32.4 Å². The molecule has 0 saturated heterocycles. The molecule has 0 amide bonds. The van der Waals surface area contributed by atoms with E-state index in [-0.39, 0.29) is 21.1 Å². The first kappa shape index (κ1) is 22.9. The molecule has 0 spiro atoms. The molecule has 4 aromatic rings. The maximum absolute atomic E-state index is 12.9. The van der Waals surface area contributed by atoms with Crippen LogP contribution in [0.3, 0.4) is 0 Å². The van der Waals surface area contributed by atoms with Gasteiger partial charge in [0.05, 0.1) is 23.3 Å². The Balaban J connectivity index is 0.00000272. The fourth-order valence-electron chi connectivity index (χ4n) is 3.00. The first-order valence-electron chi connectivity index (χ1n) is 9.16. The molecule has 4 rings (SSSR count). The Kier molecular flexibility index (Phi) is 6.18. The van der Waals surface area contributed by atoms with Gasteiger partial charge in [0.25, 0.3) is 0 Å². The van der Waals surface area contributed by atoms with Crippen molar-refractivity contribution in [1.29, 1.82) is 0 Å². The molecule has 4 heterocycles. The van der Waals surface area contributed by atoms with Gasteiger partial charge in [0.1, 0.15) is 0 Å². The number of nitrogens with zero attached hydrogens (tertiary/aromatic N) is 6. The zero-order chi connectivity index (χ0) is 21.5. The van der Waals surface area contributed by atoms with Crippen LogP contribution in [0.25, 0.3) is 11.6 Å². The number of halogens is 3. The third-order valence-corrected chi connectivity index (χ3v) is 4.76. The van der Waals surface area contributed by atoms with Gasteiger partial charge in [0, 0.05) is 38.4 Å². The minimum Gasteiger partial charge on any atom is -0.343 e. The standard InChI is InChI=1S/C21H18F3N6.Pt/c1-14-10-11-29(28-14)18-8-4-6-16(26-18)20(2,3)17-7-5-9-19(27-17)30-13-15(12-25-30)21(22,23)24;/h4-10,12-13H,1-3H3;/q-1;. The van der Waals surface area contributed by atoms with Gasteiger partial charge in [-0.25, -0.2) is 9.67 Å². The molecule has 0 atom stereocenters. The van der Waals surface area contributed by atoms with E-state index in [2.05, 4.69) is 21.4 Å². The second-order valence-electron chi connectivity index (χ2n) is 7.39. The molecule has 0 bridgehead atoms. The van der Waals surface area contributed by atoms with E-state index in [0.717, 1.165) is 28.5 Å². The smallest absolute Gasteiger partial charge is 0.343 e. The molecular formula is C21H18F3N6Pt-. The first-order chi connectivity index (χ1) is 14.1. The summed E-state index contributed by atoms with van der Waals surface area (Å²) in [6, 6.07) is 12.5. The van der Waals surface area contributed by atoms with E-state index in [0.29, 0.717) is 17.3 Å². The zero-order valence-corrected chi connectivity index (χ0v) is 19.1. The average Bonchev–Trinajstić information content (AvgIpc) is 3.37. The van der Waals surface area contributed by atoms with Gasteiger partial charge < -0.3 is 4.68 Å². The fourth-order valence-corrected chi connectivity index (χ4v) is 3.00. The number of pyridine rings is 2. The first-order valence-corrected chi connectivity index (χ1v) is 9.16. The summed E-state index contributed by atoms with van der Waals surface area (Å²) >= 11 is 0. The minimum atomic E-state index is -4.46. The molecule has 0 radical (unpaired) electrons. The van der Waals surface area contributed by atoms with Crippen molar-refractivity contribution in [3.05, 3.63) is 83.7 Å². The Morgan fingerprint density at radius 3 is 2.10 bits per heavy atom. The van der Waals surface area contributed by atoms with Gasteiger partial charge in [-0.3, -0.25) is 10.1 Å².